The van der Waals surface area contributed by atoms with Gasteiger partial charge in [-0.05, 0) is 6.92 Å². The quantitative estimate of drug-likeness (QED) is 0.632. The lowest BCUT2D eigenvalue weighted by Crippen LogP contribution is -2.19. The van der Waals surface area contributed by atoms with Gasteiger partial charge in [0, 0.05) is 5.75 Å². The van der Waals surface area contributed by atoms with Crippen LogP contribution in [0.1, 0.15) is 6.92 Å². The zero-order chi connectivity index (χ0) is 9.68. The minimum absolute atomic E-state index is 0.155. The zero-order valence-electron chi connectivity index (χ0n) is 7.82. The van der Waals surface area contributed by atoms with E-state index in [9.17, 15) is 4.79 Å². The Labute approximate surface area is 81.9 Å². The summed E-state index contributed by atoms with van der Waals surface area (Å²) in [5.41, 5.74) is 0. The van der Waals surface area contributed by atoms with E-state index in [-0.39, 0.29) is 17.5 Å². The van der Waals surface area contributed by atoms with Crippen molar-refractivity contribution in [2.45, 2.75) is 18.5 Å². The van der Waals surface area contributed by atoms with Crippen LogP contribution in [0.3, 0.4) is 0 Å². The van der Waals surface area contributed by atoms with Crippen molar-refractivity contribution < 1.29 is 19.0 Å². The van der Waals surface area contributed by atoms with Crippen LogP contribution in [-0.4, -0.2) is 43.6 Å². The molecule has 0 spiro atoms. The molecule has 0 radical (unpaired) electrons. The van der Waals surface area contributed by atoms with Crippen molar-refractivity contribution in [2.24, 2.45) is 0 Å². The van der Waals surface area contributed by atoms with Gasteiger partial charge in [-0.25, -0.2) is 0 Å². The molecular formula is C8H14O4S. The predicted octanol–water partition coefficient (Wildman–Crippen LogP) is 0.654. The van der Waals surface area contributed by atoms with Crippen molar-refractivity contribution in [1.29, 1.82) is 0 Å². The predicted molar refractivity (Wildman–Crippen MR) is 49.6 cm³/mol. The standard InChI is InChI=1S/C8H14O4S/c1-6(8(9)10-2)13-5-7-11-3-4-12-7/h6-7H,3-5H2,1-2H3. The summed E-state index contributed by atoms with van der Waals surface area (Å²) in [6.45, 7) is 3.11. The molecule has 0 aromatic rings. The second kappa shape index (κ2) is 5.47. The maximum Gasteiger partial charge on any atom is 0.318 e. The molecule has 13 heavy (non-hydrogen) atoms. The number of esters is 1. The van der Waals surface area contributed by atoms with E-state index in [0.717, 1.165) is 0 Å². The molecule has 0 saturated carbocycles. The molecule has 1 aliphatic rings. The van der Waals surface area contributed by atoms with E-state index in [1.165, 1.54) is 18.9 Å². The third-order valence-corrected chi connectivity index (χ3v) is 2.86. The van der Waals surface area contributed by atoms with Crippen molar-refractivity contribution in [3.8, 4) is 0 Å². The van der Waals surface area contributed by atoms with Gasteiger partial charge in [0.15, 0.2) is 6.29 Å². The molecule has 0 bridgehead atoms. The largest absolute Gasteiger partial charge is 0.468 e. The molecule has 1 aliphatic heterocycles. The first-order chi connectivity index (χ1) is 6.24. The van der Waals surface area contributed by atoms with Crippen molar-refractivity contribution in [1.82, 2.24) is 0 Å². The lowest BCUT2D eigenvalue weighted by atomic mass is 10.5. The number of thioether (sulfide) groups is 1. The SMILES string of the molecule is COC(=O)C(C)SCC1OCCO1. The third-order valence-electron chi connectivity index (χ3n) is 1.71. The summed E-state index contributed by atoms with van der Waals surface area (Å²) in [7, 11) is 1.39. The van der Waals surface area contributed by atoms with Crippen LogP contribution in [0.4, 0.5) is 0 Å². The van der Waals surface area contributed by atoms with Crippen LogP contribution in [0.15, 0.2) is 0 Å². The Morgan fingerprint density at radius 1 is 1.62 bits per heavy atom. The van der Waals surface area contributed by atoms with Gasteiger partial charge in [-0.3, -0.25) is 4.79 Å². The van der Waals surface area contributed by atoms with E-state index in [1.807, 2.05) is 6.92 Å². The summed E-state index contributed by atoms with van der Waals surface area (Å²) in [6, 6.07) is 0. The Kier molecular flexibility index (Phi) is 4.55. The van der Waals surface area contributed by atoms with Crippen molar-refractivity contribution in [3.05, 3.63) is 0 Å². The smallest absolute Gasteiger partial charge is 0.318 e. The Morgan fingerprint density at radius 3 is 2.77 bits per heavy atom. The molecule has 1 saturated heterocycles. The van der Waals surface area contributed by atoms with Crippen LogP contribution in [0.25, 0.3) is 0 Å². The van der Waals surface area contributed by atoms with Gasteiger partial charge >= 0.3 is 5.97 Å². The highest BCUT2D eigenvalue weighted by Gasteiger charge is 2.20. The summed E-state index contributed by atoms with van der Waals surface area (Å²) < 4.78 is 15.0. The van der Waals surface area contributed by atoms with Gasteiger partial charge in [-0.15, -0.1) is 11.8 Å². The van der Waals surface area contributed by atoms with Crippen molar-refractivity contribution >= 4 is 17.7 Å². The van der Waals surface area contributed by atoms with Gasteiger partial charge < -0.3 is 14.2 Å². The highest BCUT2D eigenvalue weighted by atomic mass is 32.2. The summed E-state index contributed by atoms with van der Waals surface area (Å²) >= 11 is 1.48. The molecule has 1 heterocycles. The van der Waals surface area contributed by atoms with Crippen LogP contribution in [0, 0.1) is 0 Å². The normalized spacial score (nSPS) is 20.2. The van der Waals surface area contributed by atoms with Crippen LogP contribution < -0.4 is 0 Å². The second-order valence-electron chi connectivity index (χ2n) is 2.67. The maximum atomic E-state index is 11.0. The highest BCUT2D eigenvalue weighted by Crippen LogP contribution is 2.17. The van der Waals surface area contributed by atoms with Gasteiger partial charge in [0.1, 0.15) is 0 Å². The van der Waals surface area contributed by atoms with E-state index in [1.54, 1.807) is 0 Å². The Bertz CT molecular complexity index is 168. The van der Waals surface area contributed by atoms with Gasteiger partial charge in [-0.1, -0.05) is 0 Å². The topological polar surface area (TPSA) is 44.8 Å². The fourth-order valence-electron chi connectivity index (χ4n) is 0.960. The number of hydrogen-bond donors (Lipinski definition) is 0. The minimum Gasteiger partial charge on any atom is -0.468 e. The highest BCUT2D eigenvalue weighted by molar-refractivity contribution is 8.00. The first-order valence-electron chi connectivity index (χ1n) is 4.16. The van der Waals surface area contributed by atoms with E-state index in [4.69, 9.17) is 9.47 Å². The van der Waals surface area contributed by atoms with E-state index >= 15 is 0 Å². The first kappa shape index (κ1) is 10.8. The molecule has 1 atom stereocenters. The number of ether oxygens (including phenoxy) is 3. The zero-order valence-corrected chi connectivity index (χ0v) is 8.63. The second-order valence-corrected chi connectivity index (χ2v) is 4.04. The summed E-state index contributed by atoms with van der Waals surface area (Å²) in [6.07, 6.45) is -0.155. The molecule has 4 nitrogen and oxygen atoms in total. The Balaban J connectivity index is 2.13. The molecule has 1 unspecified atom stereocenters. The number of hydrogen-bond acceptors (Lipinski definition) is 5. The number of methoxy groups -OCH3 is 1. The first-order valence-corrected chi connectivity index (χ1v) is 5.21. The van der Waals surface area contributed by atoms with E-state index in [0.29, 0.717) is 19.0 Å². The number of carbonyl (C=O) groups is 1. The summed E-state index contributed by atoms with van der Waals surface area (Å²) in [5.74, 6) is 0.471. The molecule has 0 aliphatic carbocycles. The van der Waals surface area contributed by atoms with Gasteiger partial charge in [0.05, 0.1) is 25.6 Å². The van der Waals surface area contributed by atoms with Gasteiger partial charge in [0.25, 0.3) is 0 Å². The molecule has 0 amide bonds. The van der Waals surface area contributed by atoms with Crippen LogP contribution in [0.5, 0.6) is 0 Å². The molecule has 76 valence electrons. The molecule has 0 aromatic heterocycles. The minimum atomic E-state index is -0.206. The van der Waals surface area contributed by atoms with Gasteiger partial charge in [0.2, 0.25) is 0 Å². The van der Waals surface area contributed by atoms with Crippen LogP contribution >= 0.6 is 11.8 Å². The average Bonchev–Trinajstić information content (AvgIpc) is 2.65. The Hall–Kier alpha value is -0.260. The molecule has 0 aromatic carbocycles. The number of rotatable bonds is 4. The van der Waals surface area contributed by atoms with E-state index < -0.39 is 0 Å². The fraction of sp³-hybridized carbons (Fsp3) is 0.875. The summed E-state index contributed by atoms with van der Waals surface area (Å²) in [5, 5.41) is -0.155. The van der Waals surface area contributed by atoms with Crippen molar-refractivity contribution in [2.75, 3.05) is 26.1 Å². The van der Waals surface area contributed by atoms with Gasteiger partial charge in [-0.2, -0.15) is 0 Å². The molecule has 0 N–H and O–H groups in total. The lowest BCUT2D eigenvalue weighted by Gasteiger charge is -2.11. The molecule has 1 rings (SSSR count). The number of carbonyl (C=O) groups excluding carboxylic acids is 1. The Morgan fingerprint density at radius 2 is 2.23 bits per heavy atom. The molecule has 1 fully saturated rings. The van der Waals surface area contributed by atoms with Crippen LogP contribution in [-0.2, 0) is 19.0 Å². The lowest BCUT2D eigenvalue weighted by molar-refractivity contribution is -0.139. The average molecular weight is 206 g/mol. The van der Waals surface area contributed by atoms with E-state index in [2.05, 4.69) is 4.74 Å². The third kappa shape index (κ3) is 3.54. The van der Waals surface area contributed by atoms with Crippen molar-refractivity contribution in [3.63, 3.8) is 0 Å². The molecular weight excluding hydrogens is 192 g/mol. The van der Waals surface area contributed by atoms with Crippen LogP contribution in [0.2, 0.25) is 0 Å². The maximum absolute atomic E-state index is 11.0. The molecule has 5 heteroatoms. The summed E-state index contributed by atoms with van der Waals surface area (Å²) in [4.78, 5) is 11.0. The monoisotopic (exact) mass is 206 g/mol. The fourth-order valence-corrected chi connectivity index (χ4v) is 1.83.